The lowest BCUT2D eigenvalue weighted by atomic mass is 9.82. The topological polar surface area (TPSA) is 46.3 Å². The first-order valence-electron chi connectivity index (χ1n) is 6.46. The number of hydrogen-bond donors (Lipinski definition) is 1. The van der Waals surface area contributed by atoms with Crippen LogP contribution in [-0.2, 0) is 4.79 Å². The van der Waals surface area contributed by atoms with Gasteiger partial charge in [0.05, 0.1) is 5.54 Å². The van der Waals surface area contributed by atoms with Crippen molar-refractivity contribution in [2.45, 2.75) is 53.0 Å². The first kappa shape index (κ1) is 14.2. The van der Waals surface area contributed by atoms with Crippen molar-refractivity contribution in [3.8, 4) is 0 Å². The quantitative estimate of drug-likeness (QED) is 0.750. The van der Waals surface area contributed by atoms with Gasteiger partial charge in [0.25, 0.3) is 0 Å². The summed E-state index contributed by atoms with van der Waals surface area (Å²) in [7, 11) is 0. The molecule has 1 rings (SSSR count). The molecule has 0 aromatic rings. The highest BCUT2D eigenvalue weighted by Crippen LogP contribution is 2.30. The van der Waals surface area contributed by atoms with E-state index in [2.05, 4.69) is 26.8 Å². The fourth-order valence-corrected chi connectivity index (χ4v) is 2.05. The number of hydrogen-bond acceptors (Lipinski definition) is 2. The van der Waals surface area contributed by atoms with Gasteiger partial charge in [-0.25, -0.2) is 0 Å². The van der Waals surface area contributed by atoms with Gasteiger partial charge in [0.1, 0.15) is 0 Å². The molecule has 0 aliphatic carbocycles. The Morgan fingerprint density at radius 3 is 2.35 bits per heavy atom. The van der Waals surface area contributed by atoms with Crippen molar-refractivity contribution in [2.24, 2.45) is 11.1 Å². The molecule has 0 aromatic heterocycles. The fourth-order valence-electron chi connectivity index (χ4n) is 2.05. The molecular weight excluding hydrogens is 212 g/mol. The number of carbonyl (C=O) groups excluding carboxylic acids is 1. The molecule has 1 amide bonds. The molecule has 0 spiro atoms. The van der Waals surface area contributed by atoms with E-state index < -0.39 is 5.54 Å². The van der Waals surface area contributed by atoms with Crippen LogP contribution in [0.2, 0.25) is 0 Å². The Labute approximate surface area is 105 Å². The van der Waals surface area contributed by atoms with Gasteiger partial charge in [-0.2, -0.15) is 0 Å². The van der Waals surface area contributed by atoms with Gasteiger partial charge in [0, 0.05) is 13.1 Å². The van der Waals surface area contributed by atoms with Crippen LogP contribution < -0.4 is 5.73 Å². The minimum atomic E-state index is -0.715. The van der Waals surface area contributed by atoms with Crippen LogP contribution in [0.3, 0.4) is 0 Å². The van der Waals surface area contributed by atoms with Crippen molar-refractivity contribution in [2.75, 3.05) is 13.1 Å². The van der Waals surface area contributed by atoms with E-state index in [0.29, 0.717) is 13.0 Å². The summed E-state index contributed by atoms with van der Waals surface area (Å²) < 4.78 is 0. The second kappa shape index (κ2) is 4.81. The Morgan fingerprint density at radius 1 is 1.41 bits per heavy atom. The average molecular weight is 238 g/mol. The zero-order valence-corrected chi connectivity index (χ0v) is 11.8. The van der Waals surface area contributed by atoms with E-state index in [9.17, 15) is 4.79 Å². The Balaban J connectivity index is 2.70. The smallest absolute Gasteiger partial charge is 0.242 e. The summed E-state index contributed by atoms with van der Waals surface area (Å²) in [5, 5.41) is 0. The monoisotopic (exact) mass is 238 g/mol. The fraction of sp³-hybridized carbons (Fsp3) is 0.786. The number of carbonyl (C=O) groups is 1. The summed E-state index contributed by atoms with van der Waals surface area (Å²) in [6, 6.07) is 0. The average Bonchev–Trinajstić information content (AvgIpc) is 2.27. The van der Waals surface area contributed by atoms with Crippen molar-refractivity contribution in [3.05, 3.63) is 11.6 Å². The summed E-state index contributed by atoms with van der Waals surface area (Å²) in [4.78, 5) is 14.1. The molecule has 98 valence electrons. The van der Waals surface area contributed by atoms with E-state index >= 15 is 0 Å². The molecule has 0 saturated heterocycles. The lowest BCUT2D eigenvalue weighted by molar-refractivity contribution is -0.136. The first-order valence-corrected chi connectivity index (χ1v) is 6.46. The highest BCUT2D eigenvalue weighted by atomic mass is 16.2. The van der Waals surface area contributed by atoms with Gasteiger partial charge in [0.2, 0.25) is 5.91 Å². The lowest BCUT2D eigenvalue weighted by Gasteiger charge is -2.36. The third-order valence-electron chi connectivity index (χ3n) is 3.68. The Kier molecular flexibility index (Phi) is 4.03. The third kappa shape index (κ3) is 3.32. The number of nitrogens with two attached hydrogens (primary N) is 1. The third-order valence-corrected chi connectivity index (χ3v) is 3.68. The predicted octanol–water partition coefficient (Wildman–Crippen LogP) is 2.32. The van der Waals surface area contributed by atoms with Crippen LogP contribution in [-0.4, -0.2) is 29.4 Å². The molecule has 0 bridgehead atoms. The van der Waals surface area contributed by atoms with Crippen molar-refractivity contribution >= 4 is 5.91 Å². The summed E-state index contributed by atoms with van der Waals surface area (Å²) in [5.41, 5.74) is 6.94. The molecule has 1 aliphatic rings. The SMILES string of the molecule is CCC(C)(N)C(=O)N1CC=C(C(C)(C)C)CC1. The number of amides is 1. The zero-order chi connectivity index (χ0) is 13.3. The Morgan fingerprint density at radius 2 is 2.00 bits per heavy atom. The van der Waals surface area contributed by atoms with E-state index in [4.69, 9.17) is 5.73 Å². The van der Waals surface area contributed by atoms with Crippen molar-refractivity contribution in [1.29, 1.82) is 0 Å². The van der Waals surface area contributed by atoms with Gasteiger partial charge in [-0.3, -0.25) is 4.79 Å². The minimum Gasteiger partial charge on any atom is -0.337 e. The first-order chi connectivity index (χ1) is 7.68. The summed E-state index contributed by atoms with van der Waals surface area (Å²) in [6.07, 6.45) is 3.83. The number of nitrogens with zero attached hydrogens (tertiary/aromatic N) is 1. The normalized spacial score (nSPS) is 20.8. The van der Waals surface area contributed by atoms with Gasteiger partial charge in [0.15, 0.2) is 0 Å². The Bertz CT molecular complexity index is 324. The van der Waals surface area contributed by atoms with E-state index in [1.54, 1.807) is 0 Å². The van der Waals surface area contributed by atoms with Crippen molar-refractivity contribution in [1.82, 2.24) is 4.90 Å². The summed E-state index contributed by atoms with van der Waals surface area (Å²) in [6.45, 7) is 11.9. The summed E-state index contributed by atoms with van der Waals surface area (Å²) >= 11 is 0. The van der Waals surface area contributed by atoms with Crippen LogP contribution >= 0.6 is 0 Å². The highest BCUT2D eigenvalue weighted by molar-refractivity contribution is 5.85. The van der Waals surface area contributed by atoms with Crippen LogP contribution in [0.4, 0.5) is 0 Å². The molecule has 0 fully saturated rings. The van der Waals surface area contributed by atoms with Gasteiger partial charge < -0.3 is 10.6 Å². The second-order valence-corrected chi connectivity index (χ2v) is 6.25. The van der Waals surface area contributed by atoms with E-state index in [-0.39, 0.29) is 11.3 Å². The Hall–Kier alpha value is -0.830. The maximum Gasteiger partial charge on any atom is 0.242 e. The van der Waals surface area contributed by atoms with Crippen LogP contribution in [0.15, 0.2) is 11.6 Å². The highest BCUT2D eigenvalue weighted by Gasteiger charge is 2.32. The molecule has 17 heavy (non-hydrogen) atoms. The van der Waals surface area contributed by atoms with E-state index in [1.165, 1.54) is 5.57 Å². The molecule has 3 heteroatoms. The molecule has 0 saturated carbocycles. The molecule has 1 heterocycles. The van der Waals surface area contributed by atoms with Crippen LogP contribution in [0, 0.1) is 5.41 Å². The molecular formula is C14H26N2O. The van der Waals surface area contributed by atoms with Crippen molar-refractivity contribution < 1.29 is 4.79 Å². The van der Waals surface area contributed by atoms with Gasteiger partial charge in [-0.05, 0) is 25.2 Å². The maximum atomic E-state index is 12.2. The summed E-state index contributed by atoms with van der Waals surface area (Å²) in [5.74, 6) is 0.0733. The van der Waals surface area contributed by atoms with Crippen molar-refractivity contribution in [3.63, 3.8) is 0 Å². The molecule has 1 aliphatic heterocycles. The maximum absolute atomic E-state index is 12.2. The molecule has 0 radical (unpaired) electrons. The molecule has 0 aromatic carbocycles. The number of rotatable bonds is 2. The second-order valence-electron chi connectivity index (χ2n) is 6.25. The van der Waals surface area contributed by atoms with Gasteiger partial charge >= 0.3 is 0 Å². The minimum absolute atomic E-state index is 0.0733. The van der Waals surface area contributed by atoms with Crippen LogP contribution in [0.5, 0.6) is 0 Å². The van der Waals surface area contributed by atoms with Gasteiger partial charge in [-0.1, -0.05) is 39.3 Å². The lowest BCUT2D eigenvalue weighted by Crippen LogP contribution is -2.54. The van der Waals surface area contributed by atoms with Crippen LogP contribution in [0.25, 0.3) is 0 Å². The van der Waals surface area contributed by atoms with E-state index in [0.717, 1.165) is 13.0 Å². The van der Waals surface area contributed by atoms with Gasteiger partial charge in [-0.15, -0.1) is 0 Å². The van der Waals surface area contributed by atoms with Crippen LogP contribution in [0.1, 0.15) is 47.5 Å². The zero-order valence-electron chi connectivity index (χ0n) is 11.8. The van der Waals surface area contributed by atoms with E-state index in [1.807, 2.05) is 18.7 Å². The largest absolute Gasteiger partial charge is 0.337 e. The standard InChI is InChI=1S/C14H26N2O/c1-6-14(5,15)12(17)16-9-7-11(8-10-16)13(2,3)4/h7H,6,8-10,15H2,1-5H3. The predicted molar refractivity (Wildman–Crippen MR) is 71.6 cm³/mol. The molecule has 1 unspecified atom stereocenters. The molecule has 3 nitrogen and oxygen atoms in total. The molecule has 2 N–H and O–H groups in total. The molecule has 1 atom stereocenters.